The minimum Gasteiger partial charge on any atom is -0.435 e. The number of halogens is 2. The molecular formula is C17H18F2N2O2. The van der Waals surface area contributed by atoms with Gasteiger partial charge in [0.2, 0.25) is 5.91 Å². The number of aryl methyl sites for hydroxylation is 1. The molecule has 1 unspecified atom stereocenters. The lowest BCUT2D eigenvalue weighted by atomic mass is 10.1. The molecule has 6 heteroatoms. The molecule has 1 aromatic carbocycles. The molecule has 1 atom stereocenters. The summed E-state index contributed by atoms with van der Waals surface area (Å²) in [7, 11) is 0. The van der Waals surface area contributed by atoms with Gasteiger partial charge in [-0.3, -0.25) is 9.78 Å². The van der Waals surface area contributed by atoms with Crippen LogP contribution < -0.4 is 10.1 Å². The summed E-state index contributed by atoms with van der Waals surface area (Å²) in [4.78, 5) is 16.0. The Morgan fingerprint density at radius 2 is 2.13 bits per heavy atom. The van der Waals surface area contributed by atoms with Gasteiger partial charge in [-0.05, 0) is 42.7 Å². The van der Waals surface area contributed by atoms with E-state index in [9.17, 15) is 13.6 Å². The zero-order valence-corrected chi connectivity index (χ0v) is 12.7. The monoisotopic (exact) mass is 320 g/mol. The van der Waals surface area contributed by atoms with Crippen molar-refractivity contribution < 1.29 is 18.3 Å². The van der Waals surface area contributed by atoms with Gasteiger partial charge < -0.3 is 10.1 Å². The average molecular weight is 320 g/mol. The lowest BCUT2D eigenvalue weighted by Crippen LogP contribution is -2.26. The molecule has 1 N–H and O–H groups in total. The molecule has 2 aromatic rings. The summed E-state index contributed by atoms with van der Waals surface area (Å²) in [6, 6.07) is 9.76. The Kier molecular flexibility index (Phi) is 6.02. The Balaban J connectivity index is 1.88. The lowest BCUT2D eigenvalue weighted by molar-refractivity contribution is -0.121. The number of carbonyl (C=O) groups is 1. The van der Waals surface area contributed by atoms with Gasteiger partial charge in [0.1, 0.15) is 5.75 Å². The molecule has 0 radical (unpaired) electrons. The summed E-state index contributed by atoms with van der Waals surface area (Å²) in [5.41, 5.74) is 1.69. The highest BCUT2D eigenvalue weighted by molar-refractivity contribution is 5.76. The highest BCUT2D eigenvalue weighted by Gasteiger charge is 2.12. The number of amides is 1. The van der Waals surface area contributed by atoms with Crippen molar-refractivity contribution in [3.8, 4) is 5.75 Å². The molecule has 0 fully saturated rings. The molecule has 0 aliphatic rings. The normalized spacial score (nSPS) is 12.0. The van der Waals surface area contributed by atoms with Crippen molar-refractivity contribution in [3.05, 3.63) is 59.9 Å². The molecular weight excluding hydrogens is 302 g/mol. The highest BCUT2D eigenvalue weighted by atomic mass is 19.3. The predicted octanol–water partition coefficient (Wildman–Crippen LogP) is 3.49. The third-order valence-corrected chi connectivity index (χ3v) is 3.32. The van der Waals surface area contributed by atoms with Gasteiger partial charge >= 0.3 is 6.61 Å². The molecule has 0 aliphatic carbocycles. The fraction of sp³-hybridized carbons (Fsp3) is 0.294. The second-order valence-electron chi connectivity index (χ2n) is 5.10. The van der Waals surface area contributed by atoms with Crippen LogP contribution in [0.25, 0.3) is 0 Å². The van der Waals surface area contributed by atoms with Crippen molar-refractivity contribution in [2.75, 3.05) is 0 Å². The zero-order valence-electron chi connectivity index (χ0n) is 12.7. The number of carbonyl (C=O) groups excluding carboxylic acids is 1. The number of nitrogens with one attached hydrogen (secondary N) is 1. The number of hydrogen-bond donors (Lipinski definition) is 1. The van der Waals surface area contributed by atoms with E-state index in [2.05, 4.69) is 15.0 Å². The number of hydrogen-bond acceptors (Lipinski definition) is 3. The maximum atomic E-state index is 12.2. The van der Waals surface area contributed by atoms with Crippen LogP contribution in [-0.4, -0.2) is 17.5 Å². The van der Waals surface area contributed by atoms with E-state index in [4.69, 9.17) is 0 Å². The van der Waals surface area contributed by atoms with Gasteiger partial charge in [-0.25, -0.2) is 0 Å². The zero-order chi connectivity index (χ0) is 16.7. The van der Waals surface area contributed by atoms with Gasteiger partial charge in [-0.2, -0.15) is 8.78 Å². The Morgan fingerprint density at radius 1 is 1.30 bits per heavy atom. The van der Waals surface area contributed by atoms with Crippen LogP contribution in [0.2, 0.25) is 0 Å². The summed E-state index contributed by atoms with van der Waals surface area (Å²) < 4.78 is 28.8. The summed E-state index contributed by atoms with van der Waals surface area (Å²) in [5, 5.41) is 2.84. The van der Waals surface area contributed by atoms with Gasteiger partial charge in [0, 0.05) is 18.8 Å². The minimum atomic E-state index is -2.87. The molecule has 0 spiro atoms. The molecule has 0 aliphatic heterocycles. The van der Waals surface area contributed by atoms with Crippen molar-refractivity contribution in [3.63, 3.8) is 0 Å². The van der Waals surface area contributed by atoms with Crippen molar-refractivity contribution in [1.82, 2.24) is 10.3 Å². The molecule has 1 heterocycles. The third-order valence-electron chi connectivity index (χ3n) is 3.32. The van der Waals surface area contributed by atoms with Gasteiger partial charge in [0.15, 0.2) is 0 Å². The Hall–Kier alpha value is -2.50. The third kappa shape index (κ3) is 5.65. The molecule has 0 bridgehead atoms. The van der Waals surface area contributed by atoms with Crippen molar-refractivity contribution in [2.24, 2.45) is 0 Å². The second-order valence-corrected chi connectivity index (χ2v) is 5.10. The molecule has 0 saturated heterocycles. The maximum absolute atomic E-state index is 12.2. The minimum absolute atomic E-state index is 0.0777. The summed E-state index contributed by atoms with van der Waals surface area (Å²) in [5.74, 6) is -0.0320. The first kappa shape index (κ1) is 16.9. The number of alkyl halides is 2. The van der Waals surface area contributed by atoms with Gasteiger partial charge in [0.05, 0.1) is 6.04 Å². The van der Waals surface area contributed by atoms with E-state index >= 15 is 0 Å². The van der Waals surface area contributed by atoms with E-state index in [1.54, 1.807) is 31.5 Å². The highest BCUT2D eigenvalue weighted by Crippen LogP contribution is 2.20. The second kappa shape index (κ2) is 8.22. The Morgan fingerprint density at radius 3 is 2.83 bits per heavy atom. The van der Waals surface area contributed by atoms with E-state index in [1.807, 2.05) is 12.1 Å². The average Bonchev–Trinajstić information content (AvgIpc) is 2.53. The van der Waals surface area contributed by atoms with Crippen molar-refractivity contribution >= 4 is 5.91 Å². The van der Waals surface area contributed by atoms with Crippen LogP contribution >= 0.6 is 0 Å². The van der Waals surface area contributed by atoms with Crippen LogP contribution in [0, 0.1) is 0 Å². The predicted molar refractivity (Wildman–Crippen MR) is 82.2 cm³/mol. The van der Waals surface area contributed by atoms with Crippen LogP contribution in [0.1, 0.15) is 30.5 Å². The molecule has 2 rings (SSSR count). The first-order valence-electron chi connectivity index (χ1n) is 7.27. The van der Waals surface area contributed by atoms with Crippen LogP contribution in [-0.2, 0) is 11.2 Å². The fourth-order valence-electron chi connectivity index (χ4n) is 2.16. The Labute approximate surface area is 133 Å². The largest absolute Gasteiger partial charge is 0.435 e. The van der Waals surface area contributed by atoms with Crippen LogP contribution in [0.15, 0.2) is 48.8 Å². The molecule has 0 saturated carbocycles. The number of pyridine rings is 1. The maximum Gasteiger partial charge on any atom is 0.387 e. The summed E-state index contributed by atoms with van der Waals surface area (Å²) in [6.07, 6.45) is 4.34. The van der Waals surface area contributed by atoms with E-state index in [1.165, 1.54) is 12.1 Å². The number of ether oxygens (including phenoxy) is 1. The smallest absolute Gasteiger partial charge is 0.387 e. The number of rotatable bonds is 7. The van der Waals surface area contributed by atoms with E-state index in [-0.39, 0.29) is 17.7 Å². The van der Waals surface area contributed by atoms with Crippen LogP contribution in [0.3, 0.4) is 0 Å². The van der Waals surface area contributed by atoms with Crippen LogP contribution in [0.4, 0.5) is 8.78 Å². The standard InChI is InChI=1S/C17H18F2N2O2/c1-12(14-5-2-6-15(10-14)23-17(18)19)21-16(22)8-7-13-4-3-9-20-11-13/h2-6,9-12,17H,7-8H2,1H3,(H,21,22). The summed E-state index contributed by atoms with van der Waals surface area (Å²) in [6.45, 7) is -1.07. The van der Waals surface area contributed by atoms with E-state index in [0.717, 1.165) is 5.56 Å². The molecule has 122 valence electrons. The molecule has 23 heavy (non-hydrogen) atoms. The lowest BCUT2D eigenvalue weighted by Gasteiger charge is -2.15. The van der Waals surface area contributed by atoms with Gasteiger partial charge in [-0.15, -0.1) is 0 Å². The topological polar surface area (TPSA) is 51.2 Å². The van der Waals surface area contributed by atoms with E-state index < -0.39 is 6.61 Å². The number of aromatic nitrogens is 1. The van der Waals surface area contributed by atoms with Gasteiger partial charge in [0.25, 0.3) is 0 Å². The quantitative estimate of drug-likeness (QED) is 0.849. The van der Waals surface area contributed by atoms with Crippen molar-refractivity contribution in [2.45, 2.75) is 32.4 Å². The molecule has 4 nitrogen and oxygen atoms in total. The SMILES string of the molecule is CC(NC(=O)CCc1cccnc1)c1cccc(OC(F)F)c1. The van der Waals surface area contributed by atoms with Crippen molar-refractivity contribution in [1.29, 1.82) is 0 Å². The van der Waals surface area contributed by atoms with Gasteiger partial charge in [-0.1, -0.05) is 18.2 Å². The first-order chi connectivity index (χ1) is 11.0. The number of nitrogens with zero attached hydrogens (tertiary/aromatic N) is 1. The fourth-order valence-corrected chi connectivity index (χ4v) is 2.16. The molecule has 1 aromatic heterocycles. The van der Waals surface area contributed by atoms with Crippen LogP contribution in [0.5, 0.6) is 5.75 Å². The number of benzene rings is 1. The van der Waals surface area contributed by atoms with E-state index in [0.29, 0.717) is 18.4 Å². The Bertz CT molecular complexity index is 636. The molecule has 1 amide bonds. The summed E-state index contributed by atoms with van der Waals surface area (Å²) >= 11 is 0. The first-order valence-corrected chi connectivity index (χ1v) is 7.27.